The molecule has 2 aromatic carbocycles. The lowest BCUT2D eigenvalue weighted by molar-refractivity contribution is 0.628. The monoisotopic (exact) mass is 485 g/mol. The standard InChI is InChI=1S/C27H21ClFN5O/c1-2-22-25(16-3-6-19(29)7-4-16)26-31-15-21-24(34(26)32-22)10-12-33(27(21)35)11-9-17-14-30-23-8-5-18(28)13-20(17)23/h3-8,10,12-15,30H,2,9,11H2,1H3. The number of nitrogens with one attached hydrogen (secondary N) is 1. The highest BCUT2D eigenvalue weighted by molar-refractivity contribution is 6.31. The zero-order valence-electron chi connectivity index (χ0n) is 18.9. The minimum Gasteiger partial charge on any atom is -0.361 e. The number of hydrogen-bond acceptors (Lipinski definition) is 3. The number of nitrogens with zero attached hydrogens (tertiary/aromatic N) is 4. The van der Waals surface area contributed by atoms with Crippen LogP contribution in [0.4, 0.5) is 4.39 Å². The van der Waals surface area contributed by atoms with Gasteiger partial charge in [-0.1, -0.05) is 30.7 Å². The van der Waals surface area contributed by atoms with Crippen LogP contribution in [-0.4, -0.2) is 24.1 Å². The van der Waals surface area contributed by atoms with Gasteiger partial charge in [0.05, 0.1) is 16.6 Å². The summed E-state index contributed by atoms with van der Waals surface area (Å²) >= 11 is 6.17. The van der Waals surface area contributed by atoms with Gasteiger partial charge in [0.1, 0.15) is 5.82 Å². The average molecular weight is 486 g/mol. The van der Waals surface area contributed by atoms with Gasteiger partial charge in [-0.05, 0) is 60.4 Å². The molecule has 0 fully saturated rings. The van der Waals surface area contributed by atoms with Crippen LogP contribution in [0.25, 0.3) is 38.6 Å². The van der Waals surface area contributed by atoms with Crippen molar-refractivity contribution < 1.29 is 4.39 Å². The van der Waals surface area contributed by atoms with Crippen molar-refractivity contribution in [2.24, 2.45) is 0 Å². The molecule has 35 heavy (non-hydrogen) atoms. The number of benzene rings is 2. The highest BCUT2D eigenvalue weighted by Crippen LogP contribution is 2.29. The normalized spacial score (nSPS) is 11.7. The Morgan fingerprint density at radius 2 is 1.91 bits per heavy atom. The van der Waals surface area contributed by atoms with E-state index in [0.717, 1.165) is 33.3 Å². The number of fused-ring (bicyclic) bond motifs is 4. The lowest BCUT2D eigenvalue weighted by Gasteiger charge is -2.08. The van der Waals surface area contributed by atoms with Crippen LogP contribution in [0.15, 0.2) is 71.9 Å². The first-order chi connectivity index (χ1) is 17.0. The van der Waals surface area contributed by atoms with E-state index in [0.29, 0.717) is 41.0 Å². The van der Waals surface area contributed by atoms with Gasteiger partial charge >= 0.3 is 0 Å². The van der Waals surface area contributed by atoms with Crippen molar-refractivity contribution in [3.05, 3.63) is 99.6 Å². The number of pyridine rings is 1. The van der Waals surface area contributed by atoms with E-state index in [1.54, 1.807) is 33.6 Å². The highest BCUT2D eigenvalue weighted by atomic mass is 35.5. The maximum Gasteiger partial charge on any atom is 0.261 e. The first kappa shape index (κ1) is 21.6. The van der Waals surface area contributed by atoms with Gasteiger partial charge in [-0.25, -0.2) is 13.9 Å². The molecule has 4 aromatic heterocycles. The molecular formula is C27H21ClFN5O. The molecule has 6 nitrogen and oxygen atoms in total. The van der Waals surface area contributed by atoms with Crippen molar-refractivity contribution in [2.45, 2.75) is 26.3 Å². The van der Waals surface area contributed by atoms with Crippen LogP contribution in [0.3, 0.4) is 0 Å². The predicted octanol–water partition coefficient (Wildman–Crippen LogP) is 5.79. The minimum atomic E-state index is -0.294. The first-order valence-corrected chi connectivity index (χ1v) is 11.8. The molecule has 6 rings (SSSR count). The largest absolute Gasteiger partial charge is 0.361 e. The SMILES string of the molecule is CCc1nn2c(ncc3c(=O)n(CCc4c[nH]c5ccc(Cl)cc45)ccc32)c1-c1ccc(F)cc1. The lowest BCUT2D eigenvalue weighted by atomic mass is 10.0. The Morgan fingerprint density at radius 1 is 1.09 bits per heavy atom. The van der Waals surface area contributed by atoms with Gasteiger partial charge in [-0.2, -0.15) is 5.10 Å². The third-order valence-corrected chi connectivity index (χ3v) is 6.71. The Hall–Kier alpha value is -3.97. The second-order valence-corrected chi connectivity index (χ2v) is 8.98. The third kappa shape index (κ3) is 3.59. The van der Waals surface area contributed by atoms with Gasteiger partial charge in [0.2, 0.25) is 0 Å². The minimum absolute atomic E-state index is 0.119. The number of rotatable bonds is 5. The maximum absolute atomic E-state index is 13.5. The Morgan fingerprint density at radius 3 is 2.71 bits per heavy atom. The molecule has 0 saturated carbocycles. The van der Waals surface area contributed by atoms with Gasteiger partial charge in [-0.3, -0.25) is 4.79 Å². The van der Waals surface area contributed by atoms with Crippen LogP contribution >= 0.6 is 11.6 Å². The van der Waals surface area contributed by atoms with Gasteiger partial charge in [0.15, 0.2) is 5.65 Å². The van der Waals surface area contributed by atoms with E-state index in [4.69, 9.17) is 16.7 Å². The summed E-state index contributed by atoms with van der Waals surface area (Å²) in [5.74, 6) is -0.294. The molecule has 0 aliphatic heterocycles. The molecule has 0 amide bonds. The molecular weight excluding hydrogens is 465 g/mol. The molecule has 6 aromatic rings. The summed E-state index contributed by atoms with van der Waals surface area (Å²) in [6, 6.07) is 14.0. The van der Waals surface area contributed by atoms with E-state index in [2.05, 4.69) is 9.97 Å². The average Bonchev–Trinajstić information content (AvgIpc) is 3.45. The molecule has 174 valence electrons. The number of aromatic nitrogens is 5. The van der Waals surface area contributed by atoms with Crippen molar-refractivity contribution in [2.75, 3.05) is 0 Å². The molecule has 8 heteroatoms. The van der Waals surface area contributed by atoms with Crippen LogP contribution in [0, 0.1) is 5.82 Å². The molecule has 4 heterocycles. The number of aryl methyl sites for hydroxylation is 3. The summed E-state index contributed by atoms with van der Waals surface area (Å²) in [7, 11) is 0. The summed E-state index contributed by atoms with van der Waals surface area (Å²) in [6.45, 7) is 2.54. The Balaban J connectivity index is 1.41. The Bertz CT molecular complexity index is 1780. The van der Waals surface area contributed by atoms with Gasteiger partial charge < -0.3 is 9.55 Å². The van der Waals surface area contributed by atoms with Gasteiger partial charge in [0.25, 0.3) is 5.56 Å². The Labute approximate surface area is 204 Å². The van der Waals surface area contributed by atoms with Crippen LogP contribution in [0.1, 0.15) is 18.2 Å². The highest BCUT2D eigenvalue weighted by Gasteiger charge is 2.18. The zero-order valence-corrected chi connectivity index (χ0v) is 19.7. The van der Waals surface area contributed by atoms with Crippen LogP contribution in [-0.2, 0) is 19.4 Å². The van der Waals surface area contributed by atoms with E-state index in [-0.39, 0.29) is 11.4 Å². The second-order valence-electron chi connectivity index (χ2n) is 8.54. The maximum atomic E-state index is 13.5. The van der Waals surface area contributed by atoms with Crippen LogP contribution < -0.4 is 5.56 Å². The summed E-state index contributed by atoms with van der Waals surface area (Å²) in [6.07, 6.45) is 6.74. The van der Waals surface area contributed by atoms with Crippen molar-refractivity contribution in [3.63, 3.8) is 0 Å². The molecule has 0 unspecified atom stereocenters. The molecule has 0 aliphatic rings. The van der Waals surface area contributed by atoms with E-state index in [9.17, 15) is 9.18 Å². The molecule has 0 saturated heterocycles. The van der Waals surface area contributed by atoms with Crippen molar-refractivity contribution in [1.82, 2.24) is 24.1 Å². The van der Waals surface area contributed by atoms with Crippen molar-refractivity contribution in [1.29, 1.82) is 0 Å². The fraction of sp³-hybridized carbons (Fsp3) is 0.148. The van der Waals surface area contributed by atoms with Gasteiger partial charge in [-0.15, -0.1) is 0 Å². The fourth-order valence-corrected chi connectivity index (χ4v) is 4.86. The number of aromatic amines is 1. The molecule has 0 bridgehead atoms. The number of hydrogen-bond donors (Lipinski definition) is 1. The van der Waals surface area contributed by atoms with Crippen LogP contribution in [0.2, 0.25) is 5.02 Å². The predicted molar refractivity (Wildman–Crippen MR) is 137 cm³/mol. The fourth-order valence-electron chi connectivity index (χ4n) is 4.69. The smallest absolute Gasteiger partial charge is 0.261 e. The number of halogens is 2. The molecule has 0 atom stereocenters. The summed E-state index contributed by atoms with van der Waals surface area (Å²) in [5, 5.41) is 7.00. The summed E-state index contributed by atoms with van der Waals surface area (Å²) < 4.78 is 16.9. The second kappa shape index (κ2) is 8.36. The van der Waals surface area contributed by atoms with E-state index >= 15 is 0 Å². The first-order valence-electron chi connectivity index (χ1n) is 11.4. The van der Waals surface area contributed by atoms with E-state index in [1.807, 2.05) is 37.4 Å². The van der Waals surface area contributed by atoms with E-state index < -0.39 is 0 Å². The van der Waals surface area contributed by atoms with Crippen molar-refractivity contribution in [3.8, 4) is 11.1 Å². The quantitative estimate of drug-likeness (QED) is 0.336. The molecule has 0 spiro atoms. The van der Waals surface area contributed by atoms with E-state index in [1.165, 1.54) is 12.1 Å². The molecule has 0 radical (unpaired) electrons. The van der Waals surface area contributed by atoms with Gasteiger partial charge in [0, 0.05) is 46.6 Å². The lowest BCUT2D eigenvalue weighted by Crippen LogP contribution is -2.21. The molecule has 0 aliphatic carbocycles. The third-order valence-electron chi connectivity index (χ3n) is 6.48. The summed E-state index contributed by atoms with van der Waals surface area (Å²) in [5.41, 5.74) is 5.89. The van der Waals surface area contributed by atoms with Crippen LogP contribution in [0.5, 0.6) is 0 Å². The molecule has 1 N–H and O–H groups in total. The Kier molecular flexibility index (Phi) is 5.15. The summed E-state index contributed by atoms with van der Waals surface area (Å²) in [4.78, 5) is 21.2. The van der Waals surface area contributed by atoms with Crippen molar-refractivity contribution >= 4 is 39.1 Å². The zero-order chi connectivity index (χ0) is 24.1. The topological polar surface area (TPSA) is 68.0 Å². The number of H-pyrrole nitrogens is 1.